The van der Waals surface area contributed by atoms with E-state index in [1.807, 2.05) is 6.92 Å². The van der Waals surface area contributed by atoms with Gasteiger partial charge < -0.3 is 105 Å². The maximum absolute atomic E-state index is 11.3. The van der Waals surface area contributed by atoms with Crippen molar-refractivity contribution in [1.82, 2.24) is 0 Å². The fraction of sp³-hybridized carbons (Fsp3) is 1.00. The van der Waals surface area contributed by atoms with Crippen LogP contribution in [0.1, 0.15) is 19.8 Å². The Hall–Kier alpha value is -0.840. The molecule has 0 spiro atoms. The van der Waals surface area contributed by atoms with Crippen LogP contribution in [0.3, 0.4) is 0 Å². The average molecular weight is 722 g/mol. The molecule has 0 bridgehead atoms. The maximum Gasteiger partial charge on any atom is 0.187 e. The zero-order chi connectivity index (χ0) is 36.2. The summed E-state index contributed by atoms with van der Waals surface area (Å²) < 4.78 is 44.8. The van der Waals surface area contributed by atoms with Crippen molar-refractivity contribution in [3.8, 4) is 0 Å². The van der Waals surface area contributed by atoms with E-state index < -0.39 is 149 Å². The summed E-state index contributed by atoms with van der Waals surface area (Å²) in [4.78, 5) is 0. The van der Waals surface area contributed by atoms with Gasteiger partial charge in [0.25, 0.3) is 0 Å². The van der Waals surface area contributed by atoms with E-state index in [-0.39, 0.29) is 6.61 Å². The second-order valence-electron chi connectivity index (χ2n) is 12.4. The first-order valence-corrected chi connectivity index (χ1v) is 16.2. The van der Waals surface area contributed by atoms with E-state index in [1.165, 1.54) is 0 Å². The molecule has 4 saturated heterocycles. The molecule has 4 aliphatic heterocycles. The Morgan fingerprint density at radius 2 is 0.918 bits per heavy atom. The Kier molecular flexibility index (Phi) is 15.3. The fourth-order valence-corrected chi connectivity index (χ4v) is 6.06. The van der Waals surface area contributed by atoms with E-state index >= 15 is 0 Å². The summed E-state index contributed by atoms with van der Waals surface area (Å²) in [6.07, 6.45) is -29.9. The molecule has 0 aliphatic carbocycles. The minimum absolute atomic E-state index is 0.197. The molecule has 288 valence electrons. The van der Waals surface area contributed by atoms with Gasteiger partial charge in [0.2, 0.25) is 0 Å². The second-order valence-corrected chi connectivity index (χ2v) is 12.4. The molecule has 4 rings (SSSR count). The highest BCUT2D eigenvalue weighted by molar-refractivity contribution is 4.99. The van der Waals surface area contributed by atoms with Crippen molar-refractivity contribution in [2.75, 3.05) is 33.0 Å². The first-order chi connectivity index (χ1) is 23.3. The van der Waals surface area contributed by atoms with Crippen molar-refractivity contribution in [2.24, 2.45) is 5.73 Å². The number of rotatable bonds is 14. The Labute approximate surface area is 280 Å². The van der Waals surface area contributed by atoms with Gasteiger partial charge in [-0.1, -0.05) is 13.3 Å². The number of ether oxygens (including phenoxy) is 8. The van der Waals surface area contributed by atoms with Crippen LogP contribution in [0.2, 0.25) is 0 Å². The predicted octanol–water partition coefficient (Wildman–Crippen LogP) is -7.96. The van der Waals surface area contributed by atoms with Gasteiger partial charge in [-0.05, 0) is 6.42 Å². The molecule has 0 aromatic rings. The lowest BCUT2D eigenvalue weighted by atomic mass is 9.95. The number of unbranched alkanes of at least 4 members (excludes halogenated alkanes) is 1. The molecular formula is C28H51NO20. The van der Waals surface area contributed by atoms with Crippen LogP contribution in [-0.2, 0) is 37.9 Å². The third kappa shape index (κ3) is 8.87. The molecule has 0 saturated carbocycles. The molecule has 0 aromatic carbocycles. The van der Waals surface area contributed by atoms with Gasteiger partial charge in [-0.3, -0.25) is 0 Å². The van der Waals surface area contributed by atoms with Gasteiger partial charge in [-0.25, -0.2) is 0 Å². The van der Waals surface area contributed by atoms with Crippen molar-refractivity contribution in [3.63, 3.8) is 0 Å². The molecule has 21 heteroatoms. The second kappa shape index (κ2) is 18.3. The lowest BCUT2D eigenvalue weighted by molar-refractivity contribution is -0.380. The molecule has 20 atom stereocenters. The van der Waals surface area contributed by atoms with E-state index in [1.54, 1.807) is 0 Å². The van der Waals surface area contributed by atoms with E-state index in [2.05, 4.69) is 0 Å². The first-order valence-electron chi connectivity index (χ1n) is 16.2. The predicted molar refractivity (Wildman–Crippen MR) is 154 cm³/mol. The van der Waals surface area contributed by atoms with Crippen LogP contribution < -0.4 is 5.73 Å². The minimum atomic E-state index is -1.94. The first kappa shape index (κ1) is 40.9. The SMILES string of the molecule is CCCCO[C@@H]1OC(CO)[C@@H](O[C@@H]2OC(CO)[C@H](O)C(O[C@@H]3OC(CO)[C@@H](O)C(O[C@@H]4OC(CO)[C@H](O)C(O)[C@@H]4O)[C@@H]3N)[C@@H]2O)C(O)[C@@H]1O. The summed E-state index contributed by atoms with van der Waals surface area (Å²) >= 11 is 0. The van der Waals surface area contributed by atoms with Crippen LogP contribution in [-0.4, -0.2) is 217 Å². The Morgan fingerprint density at radius 3 is 1.49 bits per heavy atom. The lowest BCUT2D eigenvalue weighted by Gasteiger charge is -2.49. The molecule has 8 unspecified atom stereocenters. The molecule has 4 fully saturated rings. The monoisotopic (exact) mass is 721 g/mol. The van der Waals surface area contributed by atoms with Crippen molar-refractivity contribution < 1.29 is 99.2 Å². The molecule has 4 aliphatic rings. The van der Waals surface area contributed by atoms with Gasteiger partial charge in [0.05, 0.1) is 32.5 Å². The van der Waals surface area contributed by atoms with Crippen molar-refractivity contribution in [2.45, 2.75) is 143 Å². The molecule has 4 heterocycles. The minimum Gasteiger partial charge on any atom is -0.394 e. The van der Waals surface area contributed by atoms with E-state index in [4.69, 9.17) is 43.6 Å². The zero-order valence-corrected chi connectivity index (χ0v) is 26.7. The summed E-state index contributed by atoms with van der Waals surface area (Å²) in [5.74, 6) is 0. The van der Waals surface area contributed by atoms with Crippen molar-refractivity contribution in [1.29, 1.82) is 0 Å². The quantitative estimate of drug-likeness (QED) is 0.0741. The highest BCUT2D eigenvalue weighted by atomic mass is 16.8. The van der Waals surface area contributed by atoms with Gasteiger partial charge >= 0.3 is 0 Å². The normalized spacial score (nSPS) is 49.6. The van der Waals surface area contributed by atoms with Gasteiger partial charge in [-0.2, -0.15) is 0 Å². The molecule has 14 N–H and O–H groups in total. The van der Waals surface area contributed by atoms with Crippen molar-refractivity contribution >= 4 is 0 Å². The highest BCUT2D eigenvalue weighted by Crippen LogP contribution is 2.34. The Morgan fingerprint density at radius 1 is 0.469 bits per heavy atom. The standard InChI is InChI=1S/C28H51NO20/c1-2-3-4-42-26-20(40)18(38)22(12(8-33)46-26)47-28-21(41)24(16(36)11(7-32)45-28)49-25-13(29)23(15(35)10(6-31)43-25)48-27-19(39)17(37)14(34)9(5-30)44-27/h9-28,30-41H,2-8,29H2,1H3/t9?,10?,11?,12?,13-,14-,15+,16-,17?,18?,19-,20-,21-,22+,23?,24?,25-,26+,27-,28-/m0/s1. The number of hydrogen-bond donors (Lipinski definition) is 13. The van der Waals surface area contributed by atoms with Gasteiger partial charge in [0, 0.05) is 6.61 Å². The number of hydrogen-bond acceptors (Lipinski definition) is 21. The van der Waals surface area contributed by atoms with E-state index in [9.17, 15) is 61.3 Å². The van der Waals surface area contributed by atoms with Gasteiger partial charge in [-0.15, -0.1) is 0 Å². The van der Waals surface area contributed by atoms with Gasteiger partial charge in [0.15, 0.2) is 25.2 Å². The number of nitrogens with two attached hydrogens (primary N) is 1. The van der Waals surface area contributed by atoms with Crippen LogP contribution >= 0.6 is 0 Å². The van der Waals surface area contributed by atoms with Gasteiger partial charge in [0.1, 0.15) is 91.6 Å². The molecule has 49 heavy (non-hydrogen) atoms. The summed E-state index contributed by atoms with van der Waals surface area (Å²) in [6.45, 7) is -1.06. The van der Waals surface area contributed by atoms with Crippen LogP contribution in [0, 0.1) is 0 Å². The third-order valence-corrected chi connectivity index (χ3v) is 9.04. The fourth-order valence-electron chi connectivity index (χ4n) is 6.06. The topological polar surface area (TPSA) is 343 Å². The van der Waals surface area contributed by atoms with E-state index in [0.717, 1.165) is 6.42 Å². The number of aliphatic hydroxyl groups excluding tert-OH is 12. The molecule has 0 radical (unpaired) electrons. The van der Waals surface area contributed by atoms with Crippen molar-refractivity contribution in [3.05, 3.63) is 0 Å². The average Bonchev–Trinajstić information content (AvgIpc) is 3.09. The van der Waals surface area contributed by atoms with E-state index in [0.29, 0.717) is 6.42 Å². The molecule has 0 amide bonds. The third-order valence-electron chi connectivity index (χ3n) is 9.04. The Balaban J connectivity index is 1.50. The summed E-state index contributed by atoms with van der Waals surface area (Å²) in [6, 6.07) is -1.54. The van der Waals surface area contributed by atoms with Crippen LogP contribution in [0.15, 0.2) is 0 Å². The number of aliphatic hydroxyl groups is 12. The molecule has 21 nitrogen and oxygen atoms in total. The largest absolute Gasteiger partial charge is 0.394 e. The van der Waals surface area contributed by atoms with Crippen LogP contribution in [0.4, 0.5) is 0 Å². The van der Waals surface area contributed by atoms with Crippen LogP contribution in [0.25, 0.3) is 0 Å². The van der Waals surface area contributed by atoms with Crippen LogP contribution in [0.5, 0.6) is 0 Å². The molecular weight excluding hydrogens is 670 g/mol. The Bertz CT molecular complexity index is 984. The molecule has 0 aromatic heterocycles. The highest BCUT2D eigenvalue weighted by Gasteiger charge is 2.55. The maximum atomic E-state index is 11.3. The summed E-state index contributed by atoms with van der Waals surface area (Å²) in [5, 5.41) is 125. The summed E-state index contributed by atoms with van der Waals surface area (Å²) in [7, 11) is 0. The summed E-state index contributed by atoms with van der Waals surface area (Å²) in [5.41, 5.74) is 6.30. The zero-order valence-electron chi connectivity index (χ0n) is 26.7. The smallest absolute Gasteiger partial charge is 0.187 e. The lowest BCUT2D eigenvalue weighted by Crippen LogP contribution is -2.69.